The topological polar surface area (TPSA) is 125 Å². The number of carbonyl (C=O) groups is 3. The number of rotatable bonds is 13. The fourth-order valence-electron chi connectivity index (χ4n) is 4.38. The molecule has 0 radical (unpaired) electrons. The smallest absolute Gasteiger partial charge is 0.291 e. The minimum absolute atomic E-state index is 0.176. The average molecular weight is 534 g/mol. The highest BCUT2D eigenvalue weighted by Gasteiger charge is 2.19. The predicted octanol–water partition coefficient (Wildman–Crippen LogP) is 4.12. The van der Waals surface area contributed by atoms with Gasteiger partial charge in [0.25, 0.3) is 11.8 Å². The second-order valence-electron chi connectivity index (χ2n) is 9.27. The highest BCUT2D eigenvalue weighted by Crippen LogP contribution is 2.25. The number of hydrogen-bond donors (Lipinski definition) is 4. The molecule has 2 aromatic carbocycles. The monoisotopic (exact) mass is 533 g/mol. The summed E-state index contributed by atoms with van der Waals surface area (Å²) in [7, 11) is 1.63. The summed E-state index contributed by atoms with van der Waals surface area (Å²) in [4.78, 5) is 39.3. The molecule has 0 saturated carbocycles. The van der Waals surface area contributed by atoms with E-state index < -0.39 is 5.91 Å². The lowest BCUT2D eigenvalue weighted by molar-refractivity contribution is -0.127. The van der Waals surface area contributed by atoms with Crippen molar-refractivity contribution in [3.8, 4) is 5.75 Å². The highest BCUT2D eigenvalue weighted by molar-refractivity contribution is 6.05. The Labute approximate surface area is 228 Å². The summed E-state index contributed by atoms with van der Waals surface area (Å²) in [6.07, 6.45) is 2.18. The molecule has 0 atom stereocenters. The molecule has 206 valence electrons. The van der Waals surface area contributed by atoms with Gasteiger partial charge >= 0.3 is 0 Å². The molecule has 1 aromatic heterocycles. The molecule has 4 N–H and O–H groups in total. The first-order valence-electron chi connectivity index (χ1n) is 13.1. The van der Waals surface area contributed by atoms with Gasteiger partial charge in [0.15, 0.2) is 5.76 Å². The molecule has 1 aliphatic rings. The van der Waals surface area contributed by atoms with Crippen molar-refractivity contribution in [1.29, 1.82) is 0 Å². The van der Waals surface area contributed by atoms with Crippen LogP contribution in [0, 0.1) is 6.92 Å². The van der Waals surface area contributed by atoms with Crippen LogP contribution in [0.3, 0.4) is 0 Å². The summed E-state index contributed by atoms with van der Waals surface area (Å²) in [5.74, 6) is 1.08. The maximum Gasteiger partial charge on any atom is 0.291 e. The molecule has 0 unspecified atom stereocenters. The quantitative estimate of drug-likeness (QED) is 0.244. The summed E-state index contributed by atoms with van der Waals surface area (Å²) in [6, 6.07) is 16.1. The first-order valence-corrected chi connectivity index (χ1v) is 13.1. The van der Waals surface area contributed by atoms with E-state index in [2.05, 4.69) is 21.3 Å². The Kier molecular flexibility index (Phi) is 9.44. The van der Waals surface area contributed by atoms with E-state index >= 15 is 0 Å². The first-order chi connectivity index (χ1) is 18.9. The van der Waals surface area contributed by atoms with Crippen LogP contribution in [0.25, 0.3) is 0 Å². The van der Waals surface area contributed by atoms with Gasteiger partial charge in [-0.15, -0.1) is 0 Å². The Morgan fingerprint density at radius 3 is 2.46 bits per heavy atom. The number of carbonyl (C=O) groups excluding carboxylic acids is 3. The van der Waals surface area contributed by atoms with Gasteiger partial charge < -0.3 is 35.3 Å². The van der Waals surface area contributed by atoms with E-state index in [1.165, 1.54) is 0 Å². The van der Waals surface area contributed by atoms with Crippen molar-refractivity contribution in [1.82, 2.24) is 10.2 Å². The zero-order valence-corrected chi connectivity index (χ0v) is 22.3. The molecular formula is C29H35N5O5. The maximum absolute atomic E-state index is 12.8. The molecule has 1 fully saturated rings. The van der Waals surface area contributed by atoms with E-state index in [9.17, 15) is 14.4 Å². The molecule has 10 heteroatoms. The van der Waals surface area contributed by atoms with E-state index in [-0.39, 0.29) is 17.6 Å². The number of furan rings is 1. The van der Waals surface area contributed by atoms with Gasteiger partial charge in [0.05, 0.1) is 24.2 Å². The van der Waals surface area contributed by atoms with Gasteiger partial charge in [-0.25, -0.2) is 0 Å². The molecule has 0 aliphatic carbocycles. The molecule has 3 amide bonds. The third-order valence-corrected chi connectivity index (χ3v) is 6.42. The van der Waals surface area contributed by atoms with Crippen LogP contribution in [0.5, 0.6) is 5.75 Å². The fourth-order valence-corrected chi connectivity index (χ4v) is 4.38. The molecule has 3 aromatic rings. The second-order valence-corrected chi connectivity index (χ2v) is 9.27. The SMILES string of the molecule is COc1ccccc1NCCNc1ccc(C(=O)NCCCN2CCCC2=O)cc1NC(=O)c1ccc(C)o1. The Hall–Kier alpha value is -4.47. The van der Waals surface area contributed by atoms with Crippen LogP contribution in [0.2, 0.25) is 0 Å². The molecule has 4 rings (SSSR count). The number of nitrogens with one attached hydrogen (secondary N) is 4. The number of para-hydroxylation sites is 2. The van der Waals surface area contributed by atoms with Gasteiger partial charge in [-0.2, -0.15) is 0 Å². The Morgan fingerprint density at radius 1 is 0.949 bits per heavy atom. The van der Waals surface area contributed by atoms with Gasteiger partial charge in [0.2, 0.25) is 5.91 Å². The van der Waals surface area contributed by atoms with Crippen molar-refractivity contribution < 1.29 is 23.5 Å². The number of likely N-dealkylation sites (tertiary alicyclic amines) is 1. The van der Waals surface area contributed by atoms with Crippen LogP contribution in [0.4, 0.5) is 17.1 Å². The second kappa shape index (κ2) is 13.4. The van der Waals surface area contributed by atoms with Gasteiger partial charge in [-0.3, -0.25) is 14.4 Å². The zero-order chi connectivity index (χ0) is 27.6. The lowest BCUT2D eigenvalue weighted by Gasteiger charge is -2.16. The van der Waals surface area contributed by atoms with Gasteiger partial charge in [0.1, 0.15) is 11.5 Å². The van der Waals surface area contributed by atoms with Gasteiger partial charge in [0, 0.05) is 44.7 Å². The van der Waals surface area contributed by atoms with Crippen molar-refractivity contribution in [3.05, 3.63) is 71.7 Å². The summed E-state index contributed by atoms with van der Waals surface area (Å²) < 4.78 is 10.8. The predicted molar refractivity (Wildman–Crippen MR) is 151 cm³/mol. The third-order valence-electron chi connectivity index (χ3n) is 6.42. The van der Waals surface area contributed by atoms with Crippen LogP contribution < -0.4 is 26.0 Å². The van der Waals surface area contributed by atoms with Gasteiger partial charge in [-0.05, 0) is 62.2 Å². The number of methoxy groups -OCH3 is 1. The van der Waals surface area contributed by atoms with E-state index in [4.69, 9.17) is 9.15 Å². The fraction of sp³-hybridized carbons (Fsp3) is 0.345. The molecule has 10 nitrogen and oxygen atoms in total. The Morgan fingerprint density at radius 2 is 1.74 bits per heavy atom. The number of ether oxygens (including phenoxy) is 1. The van der Waals surface area contributed by atoms with Crippen LogP contribution in [0.15, 0.2) is 59.0 Å². The zero-order valence-electron chi connectivity index (χ0n) is 22.3. The first kappa shape index (κ1) is 27.6. The van der Waals surface area contributed by atoms with Crippen molar-refractivity contribution in [2.45, 2.75) is 26.2 Å². The minimum atomic E-state index is -0.411. The van der Waals surface area contributed by atoms with Crippen LogP contribution in [0.1, 0.15) is 45.9 Å². The van der Waals surface area contributed by atoms with Crippen molar-refractivity contribution in [2.75, 3.05) is 55.8 Å². The standard InChI is InChI=1S/C29H35N5O5/c1-20-10-13-26(39-20)29(37)33-24-19-21(28(36)32-14-6-18-34-17-5-9-27(34)35)11-12-22(24)30-15-16-31-23-7-3-4-8-25(23)38-2/h3-4,7-8,10-13,19,30-31H,5-6,9,14-18H2,1-2H3,(H,32,36)(H,33,37). The Balaban J connectivity index is 1.38. The van der Waals surface area contributed by atoms with E-state index in [1.807, 2.05) is 29.2 Å². The lowest BCUT2D eigenvalue weighted by Crippen LogP contribution is -2.30. The number of anilines is 3. The van der Waals surface area contributed by atoms with Crippen molar-refractivity contribution in [2.24, 2.45) is 0 Å². The van der Waals surface area contributed by atoms with Crippen LogP contribution >= 0.6 is 0 Å². The van der Waals surface area contributed by atoms with Crippen molar-refractivity contribution >= 4 is 34.8 Å². The maximum atomic E-state index is 12.8. The van der Waals surface area contributed by atoms with Crippen LogP contribution in [-0.4, -0.2) is 62.5 Å². The summed E-state index contributed by atoms with van der Waals surface area (Å²) in [6.45, 7) is 4.77. The number of amides is 3. The number of hydrogen-bond acceptors (Lipinski definition) is 7. The summed E-state index contributed by atoms with van der Waals surface area (Å²) in [5, 5.41) is 12.4. The van der Waals surface area contributed by atoms with Crippen LogP contribution in [-0.2, 0) is 4.79 Å². The minimum Gasteiger partial charge on any atom is -0.495 e. The normalized spacial score (nSPS) is 12.8. The molecule has 2 heterocycles. The highest BCUT2D eigenvalue weighted by atomic mass is 16.5. The molecule has 0 spiro atoms. The molecular weight excluding hydrogens is 498 g/mol. The molecule has 0 bridgehead atoms. The largest absolute Gasteiger partial charge is 0.495 e. The average Bonchev–Trinajstić information content (AvgIpc) is 3.57. The van der Waals surface area contributed by atoms with E-state index in [0.717, 1.165) is 24.4 Å². The molecule has 1 saturated heterocycles. The number of benzene rings is 2. The lowest BCUT2D eigenvalue weighted by atomic mass is 10.1. The molecule has 1 aliphatic heterocycles. The Bertz CT molecular complexity index is 1300. The number of aryl methyl sites for hydroxylation is 1. The van der Waals surface area contributed by atoms with Crippen molar-refractivity contribution in [3.63, 3.8) is 0 Å². The van der Waals surface area contributed by atoms with E-state index in [1.54, 1.807) is 44.4 Å². The van der Waals surface area contributed by atoms with Gasteiger partial charge in [-0.1, -0.05) is 12.1 Å². The third kappa shape index (κ3) is 7.53. The molecule has 39 heavy (non-hydrogen) atoms. The summed E-state index contributed by atoms with van der Waals surface area (Å²) >= 11 is 0. The number of nitrogens with zero attached hydrogens (tertiary/aromatic N) is 1. The summed E-state index contributed by atoms with van der Waals surface area (Å²) in [5.41, 5.74) is 2.42. The van der Waals surface area contributed by atoms with E-state index in [0.29, 0.717) is 61.7 Å².